The summed E-state index contributed by atoms with van der Waals surface area (Å²) < 4.78 is 33.2. The SMILES string of the molecule is NCCc1cccc(S(=O)(=O)[O-])c1CCN.[Na+]. The summed E-state index contributed by atoms with van der Waals surface area (Å²) >= 11 is 0. The fourth-order valence-corrected chi connectivity index (χ4v) is 2.44. The minimum absolute atomic E-state index is 0. The standard InChI is InChI=1S/C10H16N2O3S.Na/c11-6-4-8-2-1-3-10(16(13,14)15)9(8)5-7-12;/h1-3H,4-7,11-12H2,(H,13,14,15);/q;+1/p-1. The number of rotatable bonds is 5. The van der Waals surface area contributed by atoms with Crippen molar-refractivity contribution in [3.05, 3.63) is 29.3 Å². The Balaban J connectivity index is 0.00000256. The zero-order chi connectivity index (χ0) is 12.2. The zero-order valence-electron chi connectivity index (χ0n) is 9.85. The van der Waals surface area contributed by atoms with E-state index in [0.717, 1.165) is 5.56 Å². The predicted octanol–water partition coefficient (Wildman–Crippen LogP) is -3.40. The third-order valence-corrected chi connectivity index (χ3v) is 3.23. The van der Waals surface area contributed by atoms with Crippen LogP contribution in [0.2, 0.25) is 0 Å². The third kappa shape index (κ3) is 4.67. The summed E-state index contributed by atoms with van der Waals surface area (Å²) in [5, 5.41) is 0. The van der Waals surface area contributed by atoms with Gasteiger partial charge in [0.05, 0.1) is 4.90 Å². The largest absolute Gasteiger partial charge is 1.00 e. The first kappa shape index (κ1) is 17.1. The van der Waals surface area contributed by atoms with E-state index in [1.807, 2.05) is 0 Å². The molecule has 0 bridgehead atoms. The van der Waals surface area contributed by atoms with Crippen LogP contribution in [0.3, 0.4) is 0 Å². The van der Waals surface area contributed by atoms with Gasteiger partial charge < -0.3 is 16.0 Å². The maximum absolute atomic E-state index is 11.1. The molecule has 17 heavy (non-hydrogen) atoms. The van der Waals surface area contributed by atoms with Crippen LogP contribution >= 0.6 is 0 Å². The smallest absolute Gasteiger partial charge is 0.744 e. The molecule has 0 saturated heterocycles. The normalized spacial score (nSPS) is 11.0. The minimum atomic E-state index is -4.44. The van der Waals surface area contributed by atoms with Crippen LogP contribution in [0.15, 0.2) is 23.1 Å². The van der Waals surface area contributed by atoms with Gasteiger partial charge in [0.25, 0.3) is 0 Å². The molecule has 0 aliphatic rings. The molecule has 0 aliphatic carbocycles. The van der Waals surface area contributed by atoms with Gasteiger partial charge in [-0.05, 0) is 43.1 Å². The average molecular weight is 266 g/mol. The van der Waals surface area contributed by atoms with Crippen molar-refractivity contribution in [3.63, 3.8) is 0 Å². The van der Waals surface area contributed by atoms with E-state index in [9.17, 15) is 13.0 Å². The van der Waals surface area contributed by atoms with Crippen molar-refractivity contribution < 1.29 is 42.5 Å². The summed E-state index contributed by atoms with van der Waals surface area (Å²) in [4.78, 5) is -0.177. The molecule has 90 valence electrons. The molecule has 0 unspecified atom stereocenters. The average Bonchev–Trinajstić information content (AvgIpc) is 2.19. The van der Waals surface area contributed by atoms with Crippen LogP contribution in [0.4, 0.5) is 0 Å². The summed E-state index contributed by atoms with van der Waals surface area (Å²) in [5.74, 6) is 0. The number of benzene rings is 1. The van der Waals surface area contributed by atoms with Gasteiger partial charge in [-0.25, -0.2) is 8.42 Å². The zero-order valence-corrected chi connectivity index (χ0v) is 12.7. The quantitative estimate of drug-likeness (QED) is 0.426. The second kappa shape index (κ2) is 7.48. The van der Waals surface area contributed by atoms with Crippen LogP contribution < -0.4 is 41.0 Å². The van der Waals surface area contributed by atoms with E-state index in [4.69, 9.17) is 11.5 Å². The fourth-order valence-electron chi connectivity index (χ4n) is 1.66. The first-order chi connectivity index (χ1) is 7.50. The van der Waals surface area contributed by atoms with E-state index in [0.29, 0.717) is 31.5 Å². The van der Waals surface area contributed by atoms with Crippen molar-refractivity contribution in [2.75, 3.05) is 13.1 Å². The monoisotopic (exact) mass is 266 g/mol. The van der Waals surface area contributed by atoms with Crippen LogP contribution in [0.1, 0.15) is 11.1 Å². The van der Waals surface area contributed by atoms with Crippen LogP contribution in [-0.4, -0.2) is 26.1 Å². The van der Waals surface area contributed by atoms with Crippen molar-refractivity contribution in [1.82, 2.24) is 0 Å². The third-order valence-electron chi connectivity index (χ3n) is 2.31. The molecule has 0 amide bonds. The van der Waals surface area contributed by atoms with Crippen LogP contribution in [0, 0.1) is 0 Å². The van der Waals surface area contributed by atoms with E-state index in [1.54, 1.807) is 12.1 Å². The minimum Gasteiger partial charge on any atom is -0.744 e. The molecule has 1 rings (SSSR count). The van der Waals surface area contributed by atoms with Crippen molar-refractivity contribution in [2.24, 2.45) is 11.5 Å². The van der Waals surface area contributed by atoms with Crippen molar-refractivity contribution in [1.29, 1.82) is 0 Å². The van der Waals surface area contributed by atoms with Gasteiger partial charge in [-0.1, -0.05) is 12.1 Å². The summed E-state index contributed by atoms with van der Waals surface area (Å²) in [6, 6.07) is 4.63. The molecular formula is C10H15N2NaO3S. The molecule has 0 radical (unpaired) electrons. The molecular weight excluding hydrogens is 251 g/mol. The summed E-state index contributed by atoms with van der Waals surface area (Å²) in [6.07, 6.45) is 0.908. The molecule has 1 aromatic rings. The van der Waals surface area contributed by atoms with Crippen molar-refractivity contribution in [2.45, 2.75) is 17.7 Å². The molecule has 4 N–H and O–H groups in total. The molecule has 0 aromatic heterocycles. The van der Waals surface area contributed by atoms with E-state index in [2.05, 4.69) is 0 Å². The maximum atomic E-state index is 11.1. The Bertz CT molecular complexity index is 463. The maximum Gasteiger partial charge on any atom is 1.00 e. The molecule has 0 spiro atoms. The topological polar surface area (TPSA) is 109 Å². The number of hydrogen-bond acceptors (Lipinski definition) is 5. The molecule has 0 saturated carbocycles. The Morgan fingerprint density at radius 1 is 1.12 bits per heavy atom. The molecule has 1 aromatic carbocycles. The Kier molecular flexibility index (Phi) is 7.50. The summed E-state index contributed by atoms with van der Waals surface area (Å²) in [7, 11) is -4.44. The fraction of sp³-hybridized carbons (Fsp3) is 0.400. The van der Waals surface area contributed by atoms with E-state index >= 15 is 0 Å². The van der Waals surface area contributed by atoms with Gasteiger partial charge in [0.2, 0.25) is 0 Å². The second-order valence-corrected chi connectivity index (χ2v) is 4.77. The van der Waals surface area contributed by atoms with Gasteiger partial charge in [-0.3, -0.25) is 0 Å². The first-order valence-corrected chi connectivity index (χ1v) is 6.38. The molecule has 7 heteroatoms. The van der Waals surface area contributed by atoms with E-state index < -0.39 is 10.1 Å². The Morgan fingerprint density at radius 3 is 2.18 bits per heavy atom. The Labute approximate surface area is 124 Å². The summed E-state index contributed by atoms with van der Waals surface area (Å²) in [5.41, 5.74) is 12.1. The van der Waals surface area contributed by atoms with Crippen LogP contribution in [-0.2, 0) is 23.0 Å². The van der Waals surface area contributed by atoms with Gasteiger partial charge in [0.1, 0.15) is 10.1 Å². The molecule has 0 aliphatic heterocycles. The van der Waals surface area contributed by atoms with Gasteiger partial charge >= 0.3 is 29.6 Å². The van der Waals surface area contributed by atoms with Crippen LogP contribution in [0.25, 0.3) is 0 Å². The van der Waals surface area contributed by atoms with Crippen LogP contribution in [0.5, 0.6) is 0 Å². The molecule has 0 atom stereocenters. The predicted molar refractivity (Wildman–Crippen MR) is 59.9 cm³/mol. The van der Waals surface area contributed by atoms with Gasteiger partial charge in [0, 0.05) is 0 Å². The molecule has 0 fully saturated rings. The van der Waals surface area contributed by atoms with Gasteiger partial charge in [-0.15, -0.1) is 0 Å². The van der Waals surface area contributed by atoms with Gasteiger partial charge in [0.15, 0.2) is 0 Å². The van der Waals surface area contributed by atoms with Crippen molar-refractivity contribution >= 4 is 10.1 Å². The van der Waals surface area contributed by atoms with Gasteiger partial charge in [-0.2, -0.15) is 0 Å². The number of nitrogens with two attached hydrogens (primary N) is 2. The Hall–Kier alpha value is 0.0500. The van der Waals surface area contributed by atoms with Crippen molar-refractivity contribution in [3.8, 4) is 0 Å². The molecule has 0 heterocycles. The number of hydrogen-bond donors (Lipinski definition) is 2. The molecule has 5 nitrogen and oxygen atoms in total. The van der Waals surface area contributed by atoms with E-state index in [-0.39, 0.29) is 34.5 Å². The van der Waals surface area contributed by atoms with E-state index in [1.165, 1.54) is 6.07 Å². The summed E-state index contributed by atoms with van der Waals surface area (Å²) in [6.45, 7) is 0.698. The first-order valence-electron chi connectivity index (χ1n) is 4.97. The second-order valence-electron chi connectivity index (χ2n) is 3.43. The Morgan fingerprint density at radius 2 is 1.71 bits per heavy atom.